The lowest BCUT2D eigenvalue weighted by Gasteiger charge is -2.03. The van der Waals surface area contributed by atoms with E-state index in [2.05, 4.69) is 22.2 Å². The van der Waals surface area contributed by atoms with E-state index in [0.29, 0.717) is 5.69 Å². The number of unbranched alkanes of at least 4 members (excludes halogenated alkanes) is 3. The molecule has 1 aromatic heterocycles. The molecule has 0 fully saturated rings. The van der Waals surface area contributed by atoms with Crippen LogP contribution in [0.5, 0.6) is 0 Å². The van der Waals surface area contributed by atoms with Gasteiger partial charge in [0.05, 0.1) is 12.4 Å². The third-order valence-electron chi connectivity index (χ3n) is 2.10. The van der Waals surface area contributed by atoms with Gasteiger partial charge in [0.25, 0.3) is 0 Å². The third-order valence-corrected chi connectivity index (χ3v) is 2.10. The molecule has 1 heterocycles. The van der Waals surface area contributed by atoms with Crippen LogP contribution in [-0.4, -0.2) is 16.5 Å². The van der Waals surface area contributed by atoms with Crippen molar-refractivity contribution >= 4 is 5.82 Å². The van der Waals surface area contributed by atoms with Crippen molar-refractivity contribution < 1.29 is 0 Å². The third kappa shape index (κ3) is 4.41. The van der Waals surface area contributed by atoms with Gasteiger partial charge in [-0.15, -0.1) is 0 Å². The molecule has 0 atom stereocenters. The van der Waals surface area contributed by atoms with Crippen molar-refractivity contribution in [3.05, 3.63) is 18.1 Å². The van der Waals surface area contributed by atoms with E-state index in [4.69, 9.17) is 5.26 Å². The summed E-state index contributed by atoms with van der Waals surface area (Å²) in [5, 5.41) is 11.7. The van der Waals surface area contributed by atoms with E-state index < -0.39 is 0 Å². The highest BCUT2D eigenvalue weighted by molar-refractivity contribution is 5.32. The van der Waals surface area contributed by atoms with E-state index in [0.717, 1.165) is 18.8 Å². The van der Waals surface area contributed by atoms with E-state index in [1.54, 1.807) is 6.20 Å². The number of hydrogen-bond acceptors (Lipinski definition) is 4. The van der Waals surface area contributed by atoms with Crippen molar-refractivity contribution in [1.29, 1.82) is 5.26 Å². The zero-order valence-corrected chi connectivity index (χ0v) is 9.03. The summed E-state index contributed by atoms with van der Waals surface area (Å²) in [6.45, 7) is 3.11. The molecule has 0 unspecified atom stereocenters. The second-order valence-corrected chi connectivity index (χ2v) is 3.39. The average molecular weight is 204 g/mol. The fourth-order valence-corrected chi connectivity index (χ4v) is 1.25. The molecular formula is C11H16N4. The first kappa shape index (κ1) is 11.4. The largest absolute Gasteiger partial charge is 0.369 e. The highest BCUT2D eigenvalue weighted by atomic mass is 15.0. The summed E-state index contributed by atoms with van der Waals surface area (Å²) in [6, 6.07) is 1.94. The monoisotopic (exact) mass is 204 g/mol. The van der Waals surface area contributed by atoms with Crippen molar-refractivity contribution in [2.75, 3.05) is 11.9 Å². The summed E-state index contributed by atoms with van der Waals surface area (Å²) < 4.78 is 0. The molecule has 0 amide bonds. The van der Waals surface area contributed by atoms with Crippen molar-refractivity contribution in [2.45, 2.75) is 32.6 Å². The smallest absolute Gasteiger partial charge is 0.158 e. The van der Waals surface area contributed by atoms with Crippen LogP contribution in [0, 0.1) is 11.3 Å². The lowest BCUT2D eigenvalue weighted by Crippen LogP contribution is -2.03. The molecule has 0 aliphatic carbocycles. The fraction of sp³-hybridized carbons (Fsp3) is 0.545. The summed E-state index contributed by atoms with van der Waals surface area (Å²) in [4.78, 5) is 8.00. The summed E-state index contributed by atoms with van der Waals surface area (Å²) in [5.41, 5.74) is 0.353. The van der Waals surface area contributed by atoms with Crippen LogP contribution in [0.15, 0.2) is 12.4 Å². The van der Waals surface area contributed by atoms with Crippen LogP contribution in [0.3, 0.4) is 0 Å². The molecule has 0 radical (unpaired) electrons. The fourth-order valence-electron chi connectivity index (χ4n) is 1.25. The molecule has 1 aromatic rings. The number of nitrogens with one attached hydrogen (secondary N) is 1. The number of nitrogens with zero attached hydrogens (tertiary/aromatic N) is 3. The van der Waals surface area contributed by atoms with Gasteiger partial charge >= 0.3 is 0 Å². The number of rotatable bonds is 6. The van der Waals surface area contributed by atoms with Crippen LogP contribution in [0.2, 0.25) is 0 Å². The average Bonchev–Trinajstić information content (AvgIpc) is 2.30. The standard InChI is InChI=1S/C11H16N4/c1-2-3-4-5-6-13-11-9-14-10(7-12)8-15-11/h8-9H,2-6H2,1H3,(H,13,15). The Kier molecular flexibility index (Phi) is 5.16. The Morgan fingerprint density at radius 1 is 1.27 bits per heavy atom. The van der Waals surface area contributed by atoms with Gasteiger partial charge < -0.3 is 5.32 Å². The molecule has 15 heavy (non-hydrogen) atoms. The van der Waals surface area contributed by atoms with E-state index >= 15 is 0 Å². The van der Waals surface area contributed by atoms with Crippen LogP contribution in [0.1, 0.15) is 38.3 Å². The van der Waals surface area contributed by atoms with Gasteiger partial charge in [-0.2, -0.15) is 5.26 Å². The first-order valence-electron chi connectivity index (χ1n) is 5.33. The zero-order valence-electron chi connectivity index (χ0n) is 9.03. The molecular weight excluding hydrogens is 188 g/mol. The minimum Gasteiger partial charge on any atom is -0.369 e. The Labute approximate surface area is 90.4 Å². The predicted octanol–water partition coefficient (Wildman–Crippen LogP) is 2.34. The van der Waals surface area contributed by atoms with E-state index in [1.165, 1.54) is 25.5 Å². The molecule has 0 aromatic carbocycles. The molecule has 4 nitrogen and oxygen atoms in total. The minimum absolute atomic E-state index is 0.353. The molecule has 0 saturated carbocycles. The van der Waals surface area contributed by atoms with Crippen molar-refractivity contribution in [1.82, 2.24) is 9.97 Å². The molecule has 1 N–H and O–H groups in total. The highest BCUT2D eigenvalue weighted by Crippen LogP contribution is 2.02. The molecule has 0 bridgehead atoms. The van der Waals surface area contributed by atoms with Crippen LogP contribution < -0.4 is 5.32 Å². The summed E-state index contributed by atoms with van der Waals surface area (Å²) in [6.07, 6.45) is 7.99. The van der Waals surface area contributed by atoms with Gasteiger partial charge in [-0.3, -0.25) is 0 Å². The van der Waals surface area contributed by atoms with E-state index in [9.17, 15) is 0 Å². The molecule has 0 aliphatic heterocycles. The first-order valence-corrected chi connectivity index (χ1v) is 5.33. The van der Waals surface area contributed by atoms with Gasteiger partial charge in [0, 0.05) is 6.54 Å². The second-order valence-electron chi connectivity index (χ2n) is 3.39. The lowest BCUT2D eigenvalue weighted by molar-refractivity contribution is 0.684. The maximum atomic E-state index is 8.53. The van der Waals surface area contributed by atoms with Crippen LogP contribution in [0.25, 0.3) is 0 Å². The predicted molar refractivity (Wildman–Crippen MR) is 59.4 cm³/mol. The first-order chi connectivity index (χ1) is 7.36. The highest BCUT2D eigenvalue weighted by Gasteiger charge is 1.95. The van der Waals surface area contributed by atoms with Gasteiger partial charge in [0.15, 0.2) is 5.69 Å². The maximum absolute atomic E-state index is 8.53. The normalized spacial score (nSPS) is 9.60. The van der Waals surface area contributed by atoms with Crippen LogP contribution in [-0.2, 0) is 0 Å². The Morgan fingerprint density at radius 3 is 2.73 bits per heavy atom. The SMILES string of the molecule is CCCCCCNc1cnc(C#N)cn1. The van der Waals surface area contributed by atoms with Gasteiger partial charge in [0.1, 0.15) is 11.9 Å². The minimum atomic E-state index is 0.353. The summed E-state index contributed by atoms with van der Waals surface area (Å²) in [7, 11) is 0. The molecule has 0 saturated heterocycles. The van der Waals surface area contributed by atoms with Gasteiger partial charge in [0.2, 0.25) is 0 Å². The van der Waals surface area contributed by atoms with Gasteiger partial charge in [-0.1, -0.05) is 26.2 Å². The molecule has 80 valence electrons. The Morgan fingerprint density at radius 2 is 2.13 bits per heavy atom. The Hall–Kier alpha value is -1.63. The number of hydrogen-bond donors (Lipinski definition) is 1. The van der Waals surface area contributed by atoms with E-state index in [1.807, 2.05) is 6.07 Å². The van der Waals surface area contributed by atoms with E-state index in [-0.39, 0.29) is 0 Å². The Balaban J connectivity index is 2.23. The van der Waals surface area contributed by atoms with Gasteiger partial charge in [-0.05, 0) is 6.42 Å². The van der Waals surface area contributed by atoms with Crippen molar-refractivity contribution in [3.63, 3.8) is 0 Å². The van der Waals surface area contributed by atoms with Crippen LogP contribution in [0.4, 0.5) is 5.82 Å². The van der Waals surface area contributed by atoms with Crippen molar-refractivity contribution in [3.8, 4) is 6.07 Å². The quantitative estimate of drug-likeness (QED) is 0.722. The van der Waals surface area contributed by atoms with Crippen molar-refractivity contribution in [2.24, 2.45) is 0 Å². The molecule has 0 spiro atoms. The maximum Gasteiger partial charge on any atom is 0.158 e. The second kappa shape index (κ2) is 6.77. The molecule has 4 heteroatoms. The molecule has 0 aliphatic rings. The topological polar surface area (TPSA) is 61.6 Å². The zero-order chi connectivity index (χ0) is 10.9. The summed E-state index contributed by atoms with van der Waals surface area (Å²) in [5.74, 6) is 0.741. The molecule has 1 rings (SSSR count). The number of anilines is 1. The van der Waals surface area contributed by atoms with Crippen LogP contribution >= 0.6 is 0 Å². The number of nitriles is 1. The lowest BCUT2D eigenvalue weighted by atomic mass is 10.2. The Bertz CT molecular complexity index is 312. The number of aromatic nitrogens is 2. The summed E-state index contributed by atoms with van der Waals surface area (Å²) >= 11 is 0. The van der Waals surface area contributed by atoms with Gasteiger partial charge in [-0.25, -0.2) is 9.97 Å².